The summed E-state index contributed by atoms with van der Waals surface area (Å²) in [5.41, 5.74) is 6.87. The first-order valence-corrected chi connectivity index (χ1v) is 6.54. The van der Waals surface area contributed by atoms with E-state index < -0.39 is 0 Å². The van der Waals surface area contributed by atoms with E-state index in [1.54, 1.807) is 13.2 Å². The van der Waals surface area contributed by atoms with Crippen molar-refractivity contribution in [2.45, 2.75) is 18.9 Å². The van der Waals surface area contributed by atoms with Gasteiger partial charge in [0.05, 0.1) is 7.11 Å². The van der Waals surface area contributed by atoms with Gasteiger partial charge in [0.15, 0.2) is 0 Å². The molecule has 1 amide bonds. The molecule has 0 saturated heterocycles. The van der Waals surface area contributed by atoms with Crippen molar-refractivity contribution < 1.29 is 9.53 Å². The lowest BCUT2D eigenvalue weighted by Gasteiger charge is -2.09. The summed E-state index contributed by atoms with van der Waals surface area (Å²) in [6.45, 7) is 0.552. The molecule has 1 aromatic carbocycles. The molecule has 3 N–H and O–H groups in total. The molecule has 102 valence electrons. The van der Waals surface area contributed by atoms with Crippen molar-refractivity contribution in [3.63, 3.8) is 0 Å². The molecule has 4 nitrogen and oxygen atoms in total. The maximum atomic E-state index is 11.6. The Kier molecular flexibility index (Phi) is 4.58. The number of nitrogens with one attached hydrogen (secondary N) is 1. The van der Waals surface area contributed by atoms with Crippen LogP contribution < -0.4 is 15.8 Å². The minimum atomic E-state index is -0.105. The Hall–Kier alpha value is -1.81. The zero-order valence-corrected chi connectivity index (χ0v) is 11.1. The van der Waals surface area contributed by atoms with Crippen LogP contribution in [0.4, 0.5) is 0 Å². The fraction of sp³-hybridized carbons (Fsp3) is 0.400. The summed E-state index contributed by atoms with van der Waals surface area (Å²) in [4.78, 5) is 11.6. The van der Waals surface area contributed by atoms with Crippen LogP contribution in [0, 0.1) is 5.92 Å². The molecule has 0 aliphatic heterocycles. The number of hydrogen-bond donors (Lipinski definition) is 2. The Balaban J connectivity index is 1.78. The Labute approximate surface area is 113 Å². The molecule has 0 aromatic heterocycles. The van der Waals surface area contributed by atoms with E-state index in [4.69, 9.17) is 10.5 Å². The lowest BCUT2D eigenvalue weighted by atomic mass is 10.2. The van der Waals surface area contributed by atoms with Crippen LogP contribution >= 0.6 is 0 Å². The fourth-order valence-electron chi connectivity index (χ4n) is 1.86. The van der Waals surface area contributed by atoms with Crippen LogP contribution in [0.1, 0.15) is 18.4 Å². The molecule has 0 spiro atoms. The Morgan fingerprint density at radius 3 is 2.74 bits per heavy atom. The van der Waals surface area contributed by atoms with E-state index in [9.17, 15) is 4.79 Å². The van der Waals surface area contributed by atoms with Crippen molar-refractivity contribution in [1.29, 1.82) is 0 Å². The van der Waals surface area contributed by atoms with Crippen LogP contribution in [0.15, 0.2) is 30.3 Å². The van der Waals surface area contributed by atoms with E-state index >= 15 is 0 Å². The Bertz CT molecular complexity index is 450. The monoisotopic (exact) mass is 260 g/mol. The van der Waals surface area contributed by atoms with E-state index in [-0.39, 0.29) is 11.9 Å². The van der Waals surface area contributed by atoms with Gasteiger partial charge in [-0.3, -0.25) is 4.79 Å². The second kappa shape index (κ2) is 6.38. The van der Waals surface area contributed by atoms with E-state index in [1.807, 2.05) is 24.3 Å². The molecule has 1 aromatic rings. The van der Waals surface area contributed by atoms with Gasteiger partial charge in [0.1, 0.15) is 5.75 Å². The summed E-state index contributed by atoms with van der Waals surface area (Å²) >= 11 is 0. The standard InChI is InChI=1S/C15H20N2O2/c1-19-13-7-2-11(3-8-13)4-9-15(18)17-10-14(16)12-5-6-12/h2-4,7-9,12,14H,5-6,10,16H2,1H3,(H,17,18)/b9-4+. The van der Waals surface area contributed by atoms with Gasteiger partial charge < -0.3 is 15.8 Å². The number of carbonyl (C=O) groups is 1. The number of rotatable bonds is 6. The number of methoxy groups -OCH3 is 1. The zero-order valence-electron chi connectivity index (χ0n) is 11.1. The number of ether oxygens (including phenoxy) is 1. The third-order valence-corrected chi connectivity index (χ3v) is 3.28. The van der Waals surface area contributed by atoms with Crippen molar-refractivity contribution in [2.75, 3.05) is 13.7 Å². The normalized spacial score (nSPS) is 16.3. The third-order valence-electron chi connectivity index (χ3n) is 3.28. The Morgan fingerprint density at radius 2 is 2.16 bits per heavy atom. The summed E-state index contributed by atoms with van der Waals surface area (Å²) in [7, 11) is 1.63. The molecule has 4 heteroatoms. The molecule has 2 rings (SSSR count). The van der Waals surface area contributed by atoms with Gasteiger partial charge in [-0.25, -0.2) is 0 Å². The van der Waals surface area contributed by atoms with Gasteiger partial charge in [-0.05, 0) is 42.5 Å². The van der Waals surface area contributed by atoms with Gasteiger partial charge in [-0.2, -0.15) is 0 Å². The number of benzene rings is 1. The second-order valence-electron chi connectivity index (χ2n) is 4.85. The molecular weight excluding hydrogens is 240 g/mol. The molecule has 19 heavy (non-hydrogen) atoms. The highest BCUT2D eigenvalue weighted by Gasteiger charge is 2.28. The minimum Gasteiger partial charge on any atom is -0.497 e. The molecule has 0 heterocycles. The van der Waals surface area contributed by atoms with Crippen LogP contribution in [0.25, 0.3) is 6.08 Å². The number of nitrogens with two attached hydrogens (primary N) is 1. The second-order valence-corrected chi connectivity index (χ2v) is 4.85. The van der Waals surface area contributed by atoms with E-state index in [2.05, 4.69) is 5.32 Å². The first-order valence-electron chi connectivity index (χ1n) is 6.54. The first kappa shape index (κ1) is 13.6. The van der Waals surface area contributed by atoms with Crippen molar-refractivity contribution in [2.24, 2.45) is 11.7 Å². The Morgan fingerprint density at radius 1 is 1.47 bits per heavy atom. The molecule has 1 saturated carbocycles. The van der Waals surface area contributed by atoms with Crippen molar-refractivity contribution in [3.8, 4) is 5.75 Å². The third kappa shape index (κ3) is 4.41. The maximum Gasteiger partial charge on any atom is 0.244 e. The maximum absolute atomic E-state index is 11.6. The van der Waals surface area contributed by atoms with Crippen LogP contribution in [0.2, 0.25) is 0 Å². The molecule has 1 unspecified atom stereocenters. The van der Waals surface area contributed by atoms with Crippen molar-refractivity contribution in [3.05, 3.63) is 35.9 Å². The van der Waals surface area contributed by atoms with Crippen LogP contribution in [0.3, 0.4) is 0 Å². The molecule has 0 bridgehead atoms. The highest BCUT2D eigenvalue weighted by Crippen LogP contribution is 2.31. The SMILES string of the molecule is COc1ccc(/C=C/C(=O)NCC(N)C2CC2)cc1. The predicted octanol–water partition coefficient (Wildman–Crippen LogP) is 1.56. The molecule has 0 radical (unpaired) electrons. The molecule has 1 aliphatic carbocycles. The number of hydrogen-bond acceptors (Lipinski definition) is 3. The first-order chi connectivity index (χ1) is 9.19. The fourth-order valence-corrected chi connectivity index (χ4v) is 1.86. The van der Waals surface area contributed by atoms with Crippen LogP contribution in [-0.4, -0.2) is 25.6 Å². The van der Waals surface area contributed by atoms with Gasteiger partial charge in [0, 0.05) is 18.7 Å². The van der Waals surface area contributed by atoms with Gasteiger partial charge >= 0.3 is 0 Å². The van der Waals surface area contributed by atoms with Gasteiger partial charge in [0.2, 0.25) is 5.91 Å². The van der Waals surface area contributed by atoms with Crippen LogP contribution in [0.5, 0.6) is 5.75 Å². The summed E-state index contributed by atoms with van der Waals surface area (Å²) in [6, 6.07) is 7.62. The topological polar surface area (TPSA) is 64.3 Å². The quantitative estimate of drug-likeness (QED) is 0.763. The summed E-state index contributed by atoms with van der Waals surface area (Å²) in [6.07, 6.45) is 5.69. The number of amides is 1. The van der Waals surface area contributed by atoms with Crippen LogP contribution in [-0.2, 0) is 4.79 Å². The van der Waals surface area contributed by atoms with Gasteiger partial charge in [-0.1, -0.05) is 12.1 Å². The van der Waals surface area contributed by atoms with Gasteiger partial charge in [0.25, 0.3) is 0 Å². The average Bonchev–Trinajstić information content (AvgIpc) is 3.27. The minimum absolute atomic E-state index is 0.0957. The van der Waals surface area contributed by atoms with Gasteiger partial charge in [-0.15, -0.1) is 0 Å². The summed E-state index contributed by atoms with van der Waals surface area (Å²) in [5.74, 6) is 1.30. The summed E-state index contributed by atoms with van der Waals surface area (Å²) < 4.78 is 5.07. The smallest absolute Gasteiger partial charge is 0.244 e. The zero-order chi connectivity index (χ0) is 13.7. The summed E-state index contributed by atoms with van der Waals surface area (Å²) in [5, 5.41) is 2.82. The molecule has 1 atom stereocenters. The predicted molar refractivity (Wildman–Crippen MR) is 75.7 cm³/mol. The van der Waals surface area contributed by atoms with Crippen molar-refractivity contribution in [1.82, 2.24) is 5.32 Å². The highest BCUT2D eigenvalue weighted by atomic mass is 16.5. The van der Waals surface area contributed by atoms with E-state index in [0.717, 1.165) is 11.3 Å². The lowest BCUT2D eigenvalue weighted by molar-refractivity contribution is -0.116. The van der Waals surface area contributed by atoms with E-state index in [1.165, 1.54) is 18.9 Å². The lowest BCUT2D eigenvalue weighted by Crippen LogP contribution is -2.37. The largest absolute Gasteiger partial charge is 0.497 e. The van der Waals surface area contributed by atoms with E-state index in [0.29, 0.717) is 12.5 Å². The number of carbonyl (C=O) groups excluding carboxylic acids is 1. The molecule has 1 fully saturated rings. The molecular formula is C15H20N2O2. The van der Waals surface area contributed by atoms with Crippen molar-refractivity contribution >= 4 is 12.0 Å². The average molecular weight is 260 g/mol. The highest BCUT2D eigenvalue weighted by molar-refractivity contribution is 5.91. The molecule has 1 aliphatic rings.